The third-order valence-corrected chi connectivity index (χ3v) is 3.56. The Morgan fingerprint density at radius 1 is 1.42 bits per heavy atom. The average Bonchev–Trinajstić information content (AvgIpc) is 2.91. The predicted molar refractivity (Wildman–Crippen MR) is 77.5 cm³/mol. The number of methoxy groups -OCH3 is 1. The van der Waals surface area contributed by atoms with E-state index >= 15 is 0 Å². The number of anilines is 1. The molecule has 0 unspecified atom stereocenters. The van der Waals surface area contributed by atoms with E-state index in [1.54, 1.807) is 41.5 Å². The maximum atomic E-state index is 12.3. The van der Waals surface area contributed by atoms with Crippen LogP contribution in [0, 0.1) is 0 Å². The third kappa shape index (κ3) is 3.06. The number of nitrogens with two attached hydrogens (primary N) is 1. The summed E-state index contributed by atoms with van der Waals surface area (Å²) >= 11 is 1.62. The third-order valence-electron chi connectivity index (χ3n) is 2.83. The number of nitrogens with zero attached hydrogens (tertiary/aromatic N) is 1. The number of rotatable bonds is 4. The highest BCUT2D eigenvalue weighted by atomic mass is 32.1. The van der Waals surface area contributed by atoms with Crippen molar-refractivity contribution in [2.24, 2.45) is 0 Å². The minimum atomic E-state index is -0.0514. The number of ether oxygens (including phenoxy) is 1. The molecule has 0 radical (unpaired) electrons. The van der Waals surface area contributed by atoms with Crippen molar-refractivity contribution in [3.63, 3.8) is 0 Å². The van der Waals surface area contributed by atoms with Gasteiger partial charge in [0, 0.05) is 19.2 Å². The first-order valence-electron chi connectivity index (χ1n) is 5.82. The van der Waals surface area contributed by atoms with Gasteiger partial charge in [-0.25, -0.2) is 0 Å². The SMILES string of the molecule is COc1cc(C(=O)N(C)Cc2ccsc2)ccc1N. The molecule has 0 spiro atoms. The fraction of sp³-hybridized carbons (Fsp3) is 0.214. The molecule has 4 nitrogen and oxygen atoms in total. The Kier molecular flexibility index (Phi) is 4.06. The Hall–Kier alpha value is -2.01. The lowest BCUT2D eigenvalue weighted by Gasteiger charge is -2.17. The quantitative estimate of drug-likeness (QED) is 0.873. The van der Waals surface area contributed by atoms with Crippen molar-refractivity contribution in [2.75, 3.05) is 19.9 Å². The molecule has 0 aliphatic rings. The van der Waals surface area contributed by atoms with E-state index in [4.69, 9.17) is 10.5 Å². The second-order valence-electron chi connectivity index (χ2n) is 4.25. The summed E-state index contributed by atoms with van der Waals surface area (Å²) in [5.41, 5.74) is 7.97. The highest BCUT2D eigenvalue weighted by Gasteiger charge is 2.14. The number of carbonyl (C=O) groups is 1. The maximum absolute atomic E-state index is 12.3. The molecule has 0 saturated heterocycles. The van der Waals surface area contributed by atoms with Crippen molar-refractivity contribution >= 4 is 22.9 Å². The van der Waals surface area contributed by atoms with Gasteiger partial charge in [-0.3, -0.25) is 4.79 Å². The van der Waals surface area contributed by atoms with Crippen molar-refractivity contribution in [1.29, 1.82) is 0 Å². The van der Waals surface area contributed by atoms with Crippen LogP contribution in [-0.2, 0) is 6.54 Å². The Morgan fingerprint density at radius 3 is 2.84 bits per heavy atom. The summed E-state index contributed by atoms with van der Waals surface area (Å²) in [6, 6.07) is 7.08. The van der Waals surface area contributed by atoms with Crippen LogP contribution in [0.5, 0.6) is 5.75 Å². The highest BCUT2D eigenvalue weighted by Crippen LogP contribution is 2.23. The van der Waals surface area contributed by atoms with Gasteiger partial charge in [0.1, 0.15) is 5.75 Å². The fourth-order valence-electron chi connectivity index (χ4n) is 1.79. The van der Waals surface area contributed by atoms with E-state index in [0.29, 0.717) is 23.5 Å². The molecule has 100 valence electrons. The topological polar surface area (TPSA) is 55.6 Å². The molecule has 5 heteroatoms. The second kappa shape index (κ2) is 5.75. The van der Waals surface area contributed by atoms with Crippen LogP contribution in [0.1, 0.15) is 15.9 Å². The first kappa shape index (κ1) is 13.4. The Morgan fingerprint density at radius 2 is 2.21 bits per heavy atom. The molecule has 2 rings (SSSR count). The van der Waals surface area contributed by atoms with Crippen LogP contribution in [0.25, 0.3) is 0 Å². The molecule has 0 fully saturated rings. The molecule has 0 bridgehead atoms. The van der Waals surface area contributed by atoms with Gasteiger partial charge < -0.3 is 15.4 Å². The number of benzene rings is 1. The molecule has 2 aromatic rings. The van der Waals surface area contributed by atoms with Crippen LogP contribution in [0.15, 0.2) is 35.0 Å². The highest BCUT2D eigenvalue weighted by molar-refractivity contribution is 7.07. The van der Waals surface area contributed by atoms with E-state index in [0.717, 1.165) is 5.56 Å². The lowest BCUT2D eigenvalue weighted by atomic mass is 10.1. The number of carbonyl (C=O) groups excluding carboxylic acids is 1. The molecule has 1 aromatic carbocycles. The largest absolute Gasteiger partial charge is 0.495 e. The molecule has 0 atom stereocenters. The monoisotopic (exact) mass is 276 g/mol. The zero-order valence-electron chi connectivity index (χ0n) is 10.9. The lowest BCUT2D eigenvalue weighted by Crippen LogP contribution is -2.26. The van der Waals surface area contributed by atoms with E-state index in [1.807, 2.05) is 16.8 Å². The molecule has 0 aliphatic carbocycles. The molecule has 0 saturated carbocycles. The van der Waals surface area contributed by atoms with E-state index in [-0.39, 0.29) is 5.91 Å². The first-order chi connectivity index (χ1) is 9.11. The van der Waals surface area contributed by atoms with Gasteiger partial charge in [-0.1, -0.05) is 0 Å². The molecular weight excluding hydrogens is 260 g/mol. The fourth-order valence-corrected chi connectivity index (χ4v) is 2.45. The van der Waals surface area contributed by atoms with E-state index in [2.05, 4.69) is 0 Å². The summed E-state index contributed by atoms with van der Waals surface area (Å²) in [7, 11) is 3.32. The van der Waals surface area contributed by atoms with Crippen molar-refractivity contribution in [1.82, 2.24) is 4.90 Å². The van der Waals surface area contributed by atoms with E-state index in [9.17, 15) is 4.79 Å². The van der Waals surface area contributed by atoms with Gasteiger partial charge in [-0.2, -0.15) is 11.3 Å². The van der Waals surface area contributed by atoms with Crippen LogP contribution in [0.3, 0.4) is 0 Å². The molecule has 0 aliphatic heterocycles. The molecule has 1 amide bonds. The number of thiophene rings is 1. The van der Waals surface area contributed by atoms with Crippen molar-refractivity contribution in [3.8, 4) is 5.75 Å². The smallest absolute Gasteiger partial charge is 0.254 e. The molecule has 1 heterocycles. The van der Waals surface area contributed by atoms with Gasteiger partial charge in [-0.15, -0.1) is 0 Å². The summed E-state index contributed by atoms with van der Waals surface area (Å²) < 4.78 is 5.13. The maximum Gasteiger partial charge on any atom is 0.254 e. The minimum Gasteiger partial charge on any atom is -0.495 e. The Balaban J connectivity index is 2.14. The number of amides is 1. The van der Waals surface area contributed by atoms with Gasteiger partial charge in [0.15, 0.2) is 0 Å². The molecule has 19 heavy (non-hydrogen) atoms. The van der Waals surface area contributed by atoms with Gasteiger partial charge in [0.05, 0.1) is 12.8 Å². The zero-order valence-corrected chi connectivity index (χ0v) is 11.7. The molecule has 1 aromatic heterocycles. The zero-order chi connectivity index (χ0) is 13.8. The minimum absolute atomic E-state index is 0.0514. The summed E-state index contributed by atoms with van der Waals surface area (Å²) in [5.74, 6) is 0.472. The standard InChI is InChI=1S/C14H16N2O2S/c1-16(8-10-5-6-19-9-10)14(17)11-3-4-12(15)13(7-11)18-2/h3-7,9H,8,15H2,1-2H3. The summed E-state index contributed by atoms with van der Waals surface area (Å²) in [5, 5.41) is 4.03. The van der Waals surface area contributed by atoms with E-state index in [1.165, 1.54) is 7.11 Å². The van der Waals surface area contributed by atoms with Crippen molar-refractivity contribution < 1.29 is 9.53 Å². The summed E-state index contributed by atoms with van der Waals surface area (Å²) in [6.45, 7) is 0.592. The number of hydrogen-bond donors (Lipinski definition) is 1. The van der Waals surface area contributed by atoms with Crippen molar-refractivity contribution in [3.05, 3.63) is 46.2 Å². The Labute approximate surface area is 116 Å². The first-order valence-corrected chi connectivity index (χ1v) is 6.76. The average molecular weight is 276 g/mol. The van der Waals surface area contributed by atoms with Crippen LogP contribution in [-0.4, -0.2) is 25.0 Å². The Bertz CT molecular complexity index is 567. The van der Waals surface area contributed by atoms with Gasteiger partial charge in [0.2, 0.25) is 0 Å². The van der Waals surface area contributed by atoms with Crippen LogP contribution in [0.2, 0.25) is 0 Å². The summed E-state index contributed by atoms with van der Waals surface area (Å²) in [6.07, 6.45) is 0. The van der Waals surface area contributed by atoms with Gasteiger partial charge in [0.25, 0.3) is 5.91 Å². The van der Waals surface area contributed by atoms with Crippen LogP contribution >= 0.6 is 11.3 Å². The van der Waals surface area contributed by atoms with E-state index < -0.39 is 0 Å². The van der Waals surface area contributed by atoms with Gasteiger partial charge >= 0.3 is 0 Å². The van der Waals surface area contributed by atoms with Crippen molar-refractivity contribution in [2.45, 2.75) is 6.54 Å². The molecular formula is C14H16N2O2S. The number of hydrogen-bond acceptors (Lipinski definition) is 4. The van der Waals surface area contributed by atoms with Crippen LogP contribution in [0.4, 0.5) is 5.69 Å². The number of nitrogen functional groups attached to an aromatic ring is 1. The predicted octanol–water partition coefficient (Wildman–Crippen LogP) is 2.61. The van der Waals surface area contributed by atoms with Crippen LogP contribution < -0.4 is 10.5 Å². The van der Waals surface area contributed by atoms with Gasteiger partial charge in [-0.05, 0) is 40.6 Å². The second-order valence-corrected chi connectivity index (χ2v) is 5.03. The normalized spacial score (nSPS) is 10.2. The summed E-state index contributed by atoms with van der Waals surface area (Å²) in [4.78, 5) is 14.0. The molecule has 2 N–H and O–H groups in total. The lowest BCUT2D eigenvalue weighted by molar-refractivity contribution is 0.0785.